The van der Waals surface area contributed by atoms with Crippen molar-refractivity contribution in [2.45, 2.75) is 6.92 Å². The van der Waals surface area contributed by atoms with Crippen molar-refractivity contribution in [1.29, 1.82) is 0 Å². The number of nitrogens with two attached hydrogens (primary N) is 1. The summed E-state index contributed by atoms with van der Waals surface area (Å²) in [6.07, 6.45) is 0. The smallest absolute Gasteiger partial charge is 0.168 e. The minimum absolute atomic E-state index is 0.187. The number of hydrogen-bond donors (Lipinski definition) is 2. The predicted molar refractivity (Wildman–Crippen MR) is 61.6 cm³/mol. The molecule has 0 amide bonds. The van der Waals surface area contributed by atoms with Crippen molar-refractivity contribution in [3.05, 3.63) is 27.7 Å². The Morgan fingerprint density at radius 2 is 2.08 bits per heavy atom. The van der Waals surface area contributed by atoms with E-state index in [1.54, 1.807) is 12.1 Å². The van der Waals surface area contributed by atoms with Gasteiger partial charge in [0.25, 0.3) is 0 Å². The Hall–Kier alpha value is -0.510. The van der Waals surface area contributed by atoms with Gasteiger partial charge in [-0.1, -0.05) is 23.2 Å². The highest BCUT2D eigenvalue weighted by molar-refractivity contribution is 7.80. The van der Waals surface area contributed by atoms with Crippen LogP contribution in [0.4, 0.5) is 5.69 Å². The quantitative estimate of drug-likeness (QED) is 0.735. The second kappa shape index (κ2) is 4.13. The lowest BCUT2D eigenvalue weighted by atomic mass is 10.2. The number of anilines is 1. The molecule has 0 radical (unpaired) electrons. The molecule has 0 saturated heterocycles. The van der Waals surface area contributed by atoms with Gasteiger partial charge in [0, 0.05) is 5.02 Å². The summed E-state index contributed by atoms with van der Waals surface area (Å²) in [5, 5.41) is 4.08. The minimum Gasteiger partial charge on any atom is -0.376 e. The Balaban J connectivity index is 3.13. The highest BCUT2D eigenvalue weighted by Crippen LogP contribution is 2.29. The van der Waals surface area contributed by atoms with Crippen LogP contribution < -0.4 is 11.1 Å². The normalized spacial score (nSPS) is 9.77. The standard InChI is InChI=1S/C8H8Cl2N2S/c1-4-2-5(9)3-6(10)7(4)12-8(11)13/h2-3H,1H3,(H3,11,12,13). The average Bonchev–Trinajstić information content (AvgIpc) is 1.96. The average molecular weight is 235 g/mol. The first-order chi connectivity index (χ1) is 6.00. The van der Waals surface area contributed by atoms with E-state index in [4.69, 9.17) is 41.2 Å². The Kier molecular flexibility index (Phi) is 3.36. The van der Waals surface area contributed by atoms with Gasteiger partial charge in [-0.05, 0) is 36.8 Å². The lowest BCUT2D eigenvalue weighted by Gasteiger charge is -2.09. The van der Waals surface area contributed by atoms with E-state index in [0.29, 0.717) is 15.7 Å². The fourth-order valence-electron chi connectivity index (χ4n) is 0.984. The SMILES string of the molecule is Cc1cc(Cl)cc(Cl)c1NC(N)=S. The van der Waals surface area contributed by atoms with Crippen molar-refractivity contribution in [1.82, 2.24) is 0 Å². The third-order valence-electron chi connectivity index (χ3n) is 1.50. The second-order valence-electron chi connectivity index (χ2n) is 2.57. The molecule has 2 nitrogen and oxygen atoms in total. The molecule has 0 atom stereocenters. The monoisotopic (exact) mass is 234 g/mol. The summed E-state index contributed by atoms with van der Waals surface area (Å²) in [5.41, 5.74) is 6.94. The Labute approximate surface area is 92.0 Å². The summed E-state index contributed by atoms with van der Waals surface area (Å²) >= 11 is 16.4. The molecule has 1 aromatic rings. The van der Waals surface area contributed by atoms with E-state index >= 15 is 0 Å². The maximum Gasteiger partial charge on any atom is 0.168 e. The van der Waals surface area contributed by atoms with E-state index in [1.807, 2.05) is 6.92 Å². The molecule has 0 saturated carbocycles. The number of aryl methyl sites for hydroxylation is 1. The number of halogens is 2. The molecular formula is C8H8Cl2N2S. The molecule has 13 heavy (non-hydrogen) atoms. The van der Waals surface area contributed by atoms with Crippen LogP contribution in [0.2, 0.25) is 10.0 Å². The zero-order valence-electron chi connectivity index (χ0n) is 6.90. The fourth-order valence-corrected chi connectivity index (χ4v) is 1.73. The molecule has 5 heteroatoms. The molecule has 0 fully saturated rings. The number of rotatable bonds is 1. The Morgan fingerprint density at radius 3 is 2.54 bits per heavy atom. The molecule has 0 aromatic heterocycles. The molecule has 0 aliphatic carbocycles. The molecule has 0 heterocycles. The first kappa shape index (κ1) is 10.6. The molecule has 0 bridgehead atoms. The van der Waals surface area contributed by atoms with Gasteiger partial charge in [0.1, 0.15) is 0 Å². The second-order valence-corrected chi connectivity index (χ2v) is 3.85. The molecule has 70 valence electrons. The van der Waals surface area contributed by atoms with Crippen LogP contribution in [0.5, 0.6) is 0 Å². The van der Waals surface area contributed by atoms with Gasteiger partial charge in [0.05, 0.1) is 10.7 Å². The summed E-state index contributed by atoms with van der Waals surface area (Å²) in [6.45, 7) is 1.87. The van der Waals surface area contributed by atoms with Crippen LogP contribution in [0.25, 0.3) is 0 Å². The first-order valence-electron chi connectivity index (χ1n) is 3.53. The van der Waals surface area contributed by atoms with Gasteiger partial charge in [-0.2, -0.15) is 0 Å². The van der Waals surface area contributed by atoms with E-state index in [0.717, 1.165) is 5.56 Å². The Morgan fingerprint density at radius 1 is 1.46 bits per heavy atom. The molecular weight excluding hydrogens is 227 g/mol. The van der Waals surface area contributed by atoms with Crippen LogP contribution >= 0.6 is 35.4 Å². The molecule has 0 spiro atoms. The van der Waals surface area contributed by atoms with Gasteiger partial charge < -0.3 is 11.1 Å². The molecule has 3 N–H and O–H groups in total. The lowest BCUT2D eigenvalue weighted by molar-refractivity contribution is 1.45. The Bertz CT molecular complexity index is 329. The largest absolute Gasteiger partial charge is 0.376 e. The van der Waals surface area contributed by atoms with Crippen molar-refractivity contribution < 1.29 is 0 Å². The number of thiocarbonyl (C=S) groups is 1. The van der Waals surface area contributed by atoms with Crippen molar-refractivity contribution in [2.24, 2.45) is 5.73 Å². The predicted octanol–water partition coefficient (Wildman–Crippen LogP) is 2.96. The van der Waals surface area contributed by atoms with Crippen molar-refractivity contribution in [3.8, 4) is 0 Å². The highest BCUT2D eigenvalue weighted by Gasteiger charge is 2.05. The van der Waals surface area contributed by atoms with Gasteiger partial charge in [-0.15, -0.1) is 0 Å². The van der Waals surface area contributed by atoms with E-state index < -0.39 is 0 Å². The number of hydrogen-bond acceptors (Lipinski definition) is 1. The maximum absolute atomic E-state index is 5.92. The van der Waals surface area contributed by atoms with Crippen LogP contribution in [-0.4, -0.2) is 5.11 Å². The third-order valence-corrected chi connectivity index (χ3v) is 2.12. The fraction of sp³-hybridized carbons (Fsp3) is 0.125. The zero-order chi connectivity index (χ0) is 10.0. The van der Waals surface area contributed by atoms with Gasteiger partial charge in [-0.25, -0.2) is 0 Å². The minimum atomic E-state index is 0.187. The molecule has 1 rings (SSSR count). The molecule has 0 unspecified atom stereocenters. The summed E-state index contributed by atoms with van der Waals surface area (Å²) in [4.78, 5) is 0. The van der Waals surface area contributed by atoms with Crippen LogP contribution in [-0.2, 0) is 0 Å². The van der Waals surface area contributed by atoms with Crippen molar-refractivity contribution >= 4 is 46.2 Å². The summed E-state index contributed by atoms with van der Waals surface area (Å²) in [6, 6.07) is 3.42. The summed E-state index contributed by atoms with van der Waals surface area (Å²) in [5.74, 6) is 0. The number of nitrogens with one attached hydrogen (secondary N) is 1. The van der Waals surface area contributed by atoms with E-state index in [2.05, 4.69) is 5.32 Å². The summed E-state index contributed by atoms with van der Waals surface area (Å²) < 4.78 is 0. The third kappa shape index (κ3) is 2.72. The lowest BCUT2D eigenvalue weighted by Crippen LogP contribution is -2.19. The van der Waals surface area contributed by atoms with Crippen molar-refractivity contribution in [3.63, 3.8) is 0 Å². The zero-order valence-corrected chi connectivity index (χ0v) is 9.22. The van der Waals surface area contributed by atoms with Gasteiger partial charge >= 0.3 is 0 Å². The van der Waals surface area contributed by atoms with Crippen LogP contribution in [0, 0.1) is 6.92 Å². The van der Waals surface area contributed by atoms with Crippen molar-refractivity contribution in [2.75, 3.05) is 5.32 Å². The summed E-state index contributed by atoms with van der Waals surface area (Å²) in [7, 11) is 0. The molecule has 1 aromatic carbocycles. The van der Waals surface area contributed by atoms with Crippen LogP contribution in [0.1, 0.15) is 5.56 Å². The highest BCUT2D eigenvalue weighted by atomic mass is 35.5. The van der Waals surface area contributed by atoms with Crippen LogP contribution in [0.15, 0.2) is 12.1 Å². The van der Waals surface area contributed by atoms with E-state index in [1.165, 1.54) is 0 Å². The molecule has 0 aliphatic heterocycles. The number of benzene rings is 1. The van der Waals surface area contributed by atoms with E-state index in [9.17, 15) is 0 Å². The molecule has 0 aliphatic rings. The van der Waals surface area contributed by atoms with Gasteiger partial charge in [0.2, 0.25) is 0 Å². The maximum atomic E-state index is 5.92. The topological polar surface area (TPSA) is 38.0 Å². The van der Waals surface area contributed by atoms with Crippen LogP contribution in [0.3, 0.4) is 0 Å². The first-order valence-corrected chi connectivity index (χ1v) is 4.69. The van der Waals surface area contributed by atoms with Gasteiger partial charge in [0.15, 0.2) is 5.11 Å². The van der Waals surface area contributed by atoms with Gasteiger partial charge in [-0.3, -0.25) is 0 Å². The van der Waals surface area contributed by atoms with E-state index in [-0.39, 0.29) is 5.11 Å².